The van der Waals surface area contributed by atoms with Crippen molar-refractivity contribution in [2.45, 2.75) is 24.7 Å². The molecule has 0 amide bonds. The molecule has 4 aromatic rings. The van der Waals surface area contributed by atoms with Gasteiger partial charge in [0, 0.05) is 23.0 Å². The van der Waals surface area contributed by atoms with E-state index in [1.54, 1.807) is 36.4 Å². The number of aliphatic carboxylic acids is 1. The van der Waals surface area contributed by atoms with Gasteiger partial charge in [-0.05, 0) is 72.5 Å². The molecule has 0 aliphatic heterocycles. The van der Waals surface area contributed by atoms with Gasteiger partial charge in [-0.2, -0.15) is 0 Å². The second-order valence-electron chi connectivity index (χ2n) is 7.50. The van der Waals surface area contributed by atoms with Crippen molar-refractivity contribution < 1.29 is 23.1 Å². The van der Waals surface area contributed by atoms with Crippen LogP contribution in [0.25, 0.3) is 22.0 Å². The molecule has 3 aromatic carbocycles. The quantitative estimate of drug-likeness (QED) is 0.352. The number of nitrogens with zero attached hydrogens (tertiary/aromatic N) is 1. The lowest BCUT2D eigenvalue weighted by atomic mass is 10.1. The van der Waals surface area contributed by atoms with Crippen molar-refractivity contribution in [2.24, 2.45) is 0 Å². The molecule has 1 heterocycles. The van der Waals surface area contributed by atoms with E-state index in [1.807, 2.05) is 37.3 Å². The summed E-state index contributed by atoms with van der Waals surface area (Å²) >= 11 is 6.13. The van der Waals surface area contributed by atoms with Crippen molar-refractivity contribution in [3.8, 4) is 16.9 Å². The molecular weight excluding hydrogens is 462 g/mol. The number of carbonyl (C=O) groups is 1. The van der Waals surface area contributed by atoms with Gasteiger partial charge in [-0.1, -0.05) is 35.9 Å². The fourth-order valence-electron chi connectivity index (χ4n) is 3.74. The van der Waals surface area contributed by atoms with Crippen LogP contribution >= 0.6 is 11.6 Å². The third-order valence-electron chi connectivity index (χ3n) is 5.31. The van der Waals surface area contributed by atoms with E-state index in [0.717, 1.165) is 16.9 Å². The highest BCUT2D eigenvalue weighted by atomic mass is 35.5. The van der Waals surface area contributed by atoms with Crippen LogP contribution < -0.4 is 4.74 Å². The standard InChI is InChI=1S/C25H22ClNO5S/c1-2-32-21-10-6-17(7-11-21)18-4-3-5-22(14-18)33(30,31)27-16-19(8-13-25(28)29)23-15-20(26)9-12-24(23)27/h3-7,9-12,14-16H,2,8,13H2,1H3,(H,28,29). The highest BCUT2D eigenvalue weighted by Gasteiger charge is 2.22. The molecule has 6 nitrogen and oxygen atoms in total. The van der Waals surface area contributed by atoms with Crippen LogP contribution in [-0.4, -0.2) is 30.1 Å². The molecule has 0 unspecified atom stereocenters. The van der Waals surface area contributed by atoms with E-state index in [4.69, 9.17) is 21.4 Å². The largest absolute Gasteiger partial charge is 0.494 e. The number of hydrogen-bond acceptors (Lipinski definition) is 4. The second kappa shape index (κ2) is 9.29. The van der Waals surface area contributed by atoms with Crippen molar-refractivity contribution in [3.63, 3.8) is 0 Å². The van der Waals surface area contributed by atoms with Gasteiger partial charge in [0.25, 0.3) is 10.0 Å². The fourth-order valence-corrected chi connectivity index (χ4v) is 5.35. The predicted octanol–water partition coefficient (Wildman–Crippen LogP) is 5.61. The molecule has 170 valence electrons. The number of rotatable bonds is 8. The lowest BCUT2D eigenvalue weighted by Crippen LogP contribution is -2.12. The summed E-state index contributed by atoms with van der Waals surface area (Å²) in [5, 5.41) is 10.1. The monoisotopic (exact) mass is 483 g/mol. The molecule has 0 radical (unpaired) electrons. The first-order chi connectivity index (χ1) is 15.8. The number of aryl methyl sites for hydroxylation is 1. The average Bonchev–Trinajstić information content (AvgIpc) is 3.17. The summed E-state index contributed by atoms with van der Waals surface area (Å²) in [6.45, 7) is 2.48. The summed E-state index contributed by atoms with van der Waals surface area (Å²) in [6, 6.07) is 19.1. The Kier molecular flexibility index (Phi) is 6.44. The summed E-state index contributed by atoms with van der Waals surface area (Å²) in [4.78, 5) is 11.2. The zero-order valence-electron chi connectivity index (χ0n) is 17.9. The summed E-state index contributed by atoms with van der Waals surface area (Å²) in [6.07, 6.45) is 1.57. The minimum Gasteiger partial charge on any atom is -0.494 e. The van der Waals surface area contributed by atoms with Gasteiger partial charge in [-0.15, -0.1) is 0 Å². The van der Waals surface area contributed by atoms with E-state index in [-0.39, 0.29) is 17.7 Å². The Morgan fingerprint density at radius 1 is 1.03 bits per heavy atom. The van der Waals surface area contributed by atoms with Crippen LogP contribution in [0.15, 0.2) is 77.8 Å². The summed E-state index contributed by atoms with van der Waals surface area (Å²) in [5.41, 5.74) is 2.68. The van der Waals surface area contributed by atoms with Gasteiger partial charge in [0.15, 0.2) is 0 Å². The molecule has 8 heteroatoms. The number of aromatic nitrogens is 1. The molecule has 1 N–H and O–H groups in total. The van der Waals surface area contributed by atoms with Crippen LogP contribution in [0.4, 0.5) is 0 Å². The highest BCUT2D eigenvalue weighted by Crippen LogP contribution is 2.31. The third-order valence-corrected chi connectivity index (χ3v) is 7.22. The maximum atomic E-state index is 13.6. The highest BCUT2D eigenvalue weighted by molar-refractivity contribution is 7.90. The topological polar surface area (TPSA) is 85.6 Å². The maximum absolute atomic E-state index is 13.6. The summed E-state index contributed by atoms with van der Waals surface area (Å²) < 4.78 is 33.9. The average molecular weight is 484 g/mol. The first-order valence-corrected chi connectivity index (χ1v) is 12.2. The summed E-state index contributed by atoms with van der Waals surface area (Å²) in [7, 11) is -3.94. The normalized spacial score (nSPS) is 11.6. The van der Waals surface area contributed by atoms with Crippen LogP contribution in [0.1, 0.15) is 18.9 Å². The Morgan fingerprint density at radius 2 is 1.79 bits per heavy atom. The fraction of sp³-hybridized carbons (Fsp3) is 0.160. The molecule has 1 aromatic heterocycles. The Hall–Kier alpha value is -3.29. The number of carboxylic acid groups (broad SMARTS) is 1. The van der Waals surface area contributed by atoms with E-state index in [1.165, 1.54) is 10.2 Å². The Labute approximate surface area is 197 Å². The Morgan fingerprint density at radius 3 is 2.48 bits per heavy atom. The van der Waals surface area contributed by atoms with Crippen LogP contribution in [0.3, 0.4) is 0 Å². The number of benzene rings is 3. The minimum absolute atomic E-state index is 0.112. The number of carboxylic acids is 1. The zero-order valence-corrected chi connectivity index (χ0v) is 19.4. The molecule has 0 fully saturated rings. The van der Waals surface area contributed by atoms with Crippen molar-refractivity contribution in [1.29, 1.82) is 0 Å². The molecule has 33 heavy (non-hydrogen) atoms. The van der Waals surface area contributed by atoms with Gasteiger partial charge in [-0.3, -0.25) is 4.79 Å². The van der Waals surface area contributed by atoms with Gasteiger partial charge < -0.3 is 9.84 Å². The molecule has 4 rings (SSSR count). The van der Waals surface area contributed by atoms with Gasteiger partial charge in [0.2, 0.25) is 0 Å². The van der Waals surface area contributed by atoms with E-state index in [0.29, 0.717) is 28.1 Å². The lowest BCUT2D eigenvalue weighted by Gasteiger charge is -2.10. The smallest absolute Gasteiger partial charge is 0.303 e. The molecule has 0 bridgehead atoms. The van der Waals surface area contributed by atoms with Crippen LogP contribution in [0.2, 0.25) is 5.02 Å². The van der Waals surface area contributed by atoms with Gasteiger partial charge >= 0.3 is 5.97 Å². The molecule has 0 saturated carbocycles. The predicted molar refractivity (Wildman–Crippen MR) is 129 cm³/mol. The van der Waals surface area contributed by atoms with Gasteiger partial charge in [-0.25, -0.2) is 12.4 Å². The molecule has 0 spiro atoms. The zero-order chi connectivity index (χ0) is 23.6. The summed E-state index contributed by atoms with van der Waals surface area (Å²) in [5.74, 6) is -0.208. The van der Waals surface area contributed by atoms with Crippen molar-refractivity contribution >= 4 is 38.5 Å². The van der Waals surface area contributed by atoms with Crippen LogP contribution in [-0.2, 0) is 21.2 Å². The first-order valence-electron chi connectivity index (χ1n) is 10.4. The molecule has 0 aliphatic carbocycles. The van der Waals surface area contributed by atoms with Gasteiger partial charge in [0.1, 0.15) is 5.75 Å². The van der Waals surface area contributed by atoms with E-state index in [2.05, 4.69) is 0 Å². The molecule has 0 saturated heterocycles. The molecular formula is C25H22ClNO5S. The minimum atomic E-state index is -3.94. The SMILES string of the molecule is CCOc1ccc(-c2cccc(S(=O)(=O)n3cc(CCC(=O)O)c4cc(Cl)ccc43)c2)cc1. The van der Waals surface area contributed by atoms with Crippen molar-refractivity contribution in [2.75, 3.05) is 6.61 Å². The van der Waals surface area contributed by atoms with E-state index < -0.39 is 16.0 Å². The Balaban J connectivity index is 1.77. The number of hydrogen-bond donors (Lipinski definition) is 1. The number of ether oxygens (including phenoxy) is 1. The Bertz CT molecular complexity index is 1430. The maximum Gasteiger partial charge on any atom is 0.303 e. The van der Waals surface area contributed by atoms with Gasteiger partial charge in [0.05, 0.1) is 17.0 Å². The molecule has 0 aliphatic rings. The number of halogens is 1. The van der Waals surface area contributed by atoms with E-state index in [9.17, 15) is 13.2 Å². The van der Waals surface area contributed by atoms with Crippen LogP contribution in [0, 0.1) is 0 Å². The van der Waals surface area contributed by atoms with E-state index >= 15 is 0 Å². The van der Waals surface area contributed by atoms with Crippen molar-refractivity contribution in [3.05, 3.63) is 83.5 Å². The van der Waals surface area contributed by atoms with Crippen LogP contribution in [0.5, 0.6) is 5.75 Å². The van der Waals surface area contributed by atoms with Crippen molar-refractivity contribution in [1.82, 2.24) is 3.97 Å². The second-order valence-corrected chi connectivity index (χ2v) is 9.75. The number of fused-ring (bicyclic) bond motifs is 1. The molecule has 0 atom stereocenters. The first kappa shape index (κ1) is 22.9. The third kappa shape index (κ3) is 4.74. The lowest BCUT2D eigenvalue weighted by molar-refractivity contribution is -0.136.